The van der Waals surface area contributed by atoms with E-state index in [2.05, 4.69) is 24.1 Å². The Kier molecular flexibility index (Phi) is 4.94. The maximum atomic E-state index is 12.3. The van der Waals surface area contributed by atoms with E-state index in [9.17, 15) is 14.4 Å². The van der Waals surface area contributed by atoms with Crippen LogP contribution in [0.15, 0.2) is 29.6 Å². The summed E-state index contributed by atoms with van der Waals surface area (Å²) < 4.78 is 0. The van der Waals surface area contributed by atoms with Crippen LogP contribution in [0.1, 0.15) is 54.2 Å². The highest BCUT2D eigenvalue weighted by Crippen LogP contribution is 2.22. The Morgan fingerprint density at radius 2 is 1.84 bits per heavy atom. The molecule has 0 saturated carbocycles. The lowest BCUT2D eigenvalue weighted by atomic mass is 10.1. The summed E-state index contributed by atoms with van der Waals surface area (Å²) in [4.78, 5) is 41.2. The molecule has 130 valence electrons. The average Bonchev–Trinajstić information content (AvgIpc) is 3.17. The van der Waals surface area contributed by atoms with Gasteiger partial charge in [0.05, 0.1) is 12.2 Å². The van der Waals surface area contributed by atoms with Gasteiger partial charge in [0.15, 0.2) is 5.13 Å². The molecule has 0 radical (unpaired) electrons. The van der Waals surface area contributed by atoms with Crippen LogP contribution in [0.25, 0.3) is 0 Å². The second kappa shape index (κ2) is 7.14. The third-order valence-electron chi connectivity index (χ3n) is 4.05. The van der Waals surface area contributed by atoms with Crippen molar-refractivity contribution in [2.45, 2.75) is 39.2 Å². The molecule has 1 aliphatic heterocycles. The summed E-state index contributed by atoms with van der Waals surface area (Å²) in [6.07, 6.45) is 0.566. The molecule has 1 aromatic heterocycles. The summed E-state index contributed by atoms with van der Waals surface area (Å²) in [5.74, 6) is -0.199. The van der Waals surface area contributed by atoms with Gasteiger partial charge < -0.3 is 0 Å². The van der Waals surface area contributed by atoms with E-state index in [0.717, 1.165) is 11.3 Å². The van der Waals surface area contributed by atoms with Gasteiger partial charge in [-0.15, -0.1) is 11.3 Å². The highest BCUT2D eigenvalue weighted by Gasteiger charge is 2.28. The molecule has 1 saturated heterocycles. The Hall–Kier alpha value is -2.54. The van der Waals surface area contributed by atoms with Crippen molar-refractivity contribution in [3.63, 3.8) is 0 Å². The lowest BCUT2D eigenvalue weighted by Gasteiger charge is -2.13. The number of rotatable bonds is 5. The maximum Gasteiger partial charge on any atom is 0.257 e. The highest BCUT2D eigenvalue weighted by molar-refractivity contribution is 7.14. The van der Waals surface area contributed by atoms with Gasteiger partial charge >= 0.3 is 0 Å². The van der Waals surface area contributed by atoms with E-state index in [1.54, 1.807) is 24.3 Å². The smallest absolute Gasteiger partial charge is 0.257 e. The van der Waals surface area contributed by atoms with Gasteiger partial charge in [0.25, 0.3) is 5.91 Å². The monoisotopic (exact) mass is 357 g/mol. The molecule has 3 amide bonds. The number of nitrogens with one attached hydrogen (secondary N) is 1. The molecule has 1 fully saturated rings. The fourth-order valence-corrected chi connectivity index (χ4v) is 3.39. The molecule has 2 aromatic rings. The molecule has 2 heterocycles. The summed E-state index contributed by atoms with van der Waals surface area (Å²) in [6, 6.07) is 6.89. The highest BCUT2D eigenvalue weighted by atomic mass is 32.1. The van der Waals surface area contributed by atoms with E-state index in [-0.39, 0.29) is 37.1 Å². The molecule has 0 aliphatic carbocycles. The number of likely N-dealkylation sites (tertiary alicyclic amines) is 1. The zero-order chi connectivity index (χ0) is 18.0. The van der Waals surface area contributed by atoms with Crippen LogP contribution < -0.4 is 5.32 Å². The molecule has 25 heavy (non-hydrogen) atoms. The van der Waals surface area contributed by atoms with Crippen LogP contribution in [0.3, 0.4) is 0 Å². The van der Waals surface area contributed by atoms with Gasteiger partial charge in [-0.2, -0.15) is 0 Å². The second-order valence-corrected chi connectivity index (χ2v) is 7.11. The number of amides is 3. The third kappa shape index (κ3) is 3.93. The zero-order valence-electron chi connectivity index (χ0n) is 14.1. The number of anilines is 1. The molecule has 0 spiro atoms. The first kappa shape index (κ1) is 17.3. The van der Waals surface area contributed by atoms with Crippen molar-refractivity contribution in [1.82, 2.24) is 9.88 Å². The Morgan fingerprint density at radius 3 is 2.40 bits per heavy atom. The minimum absolute atomic E-state index is 0.142. The molecular formula is C18H19N3O3S. The van der Waals surface area contributed by atoms with Gasteiger partial charge in [-0.05, 0) is 23.6 Å². The predicted octanol–water partition coefficient (Wildman–Crippen LogP) is 3.17. The Labute approximate surface area is 149 Å². The fraction of sp³-hybridized carbons (Fsp3) is 0.333. The first-order valence-electron chi connectivity index (χ1n) is 8.13. The molecule has 6 nitrogen and oxygen atoms in total. The predicted molar refractivity (Wildman–Crippen MR) is 95.4 cm³/mol. The molecule has 1 aliphatic rings. The first-order valence-corrected chi connectivity index (χ1v) is 9.01. The summed E-state index contributed by atoms with van der Waals surface area (Å²) in [5, 5.41) is 5.30. The summed E-state index contributed by atoms with van der Waals surface area (Å²) in [6.45, 7) is 4.36. The molecular weight excluding hydrogens is 338 g/mol. The zero-order valence-corrected chi connectivity index (χ0v) is 14.9. The van der Waals surface area contributed by atoms with Crippen LogP contribution in [-0.4, -0.2) is 27.6 Å². The minimum Gasteiger partial charge on any atom is -0.298 e. The van der Waals surface area contributed by atoms with Gasteiger partial charge in [0, 0.05) is 23.8 Å². The fourth-order valence-electron chi connectivity index (χ4n) is 2.52. The molecule has 7 heteroatoms. The van der Waals surface area contributed by atoms with Crippen LogP contribution >= 0.6 is 11.3 Å². The summed E-state index contributed by atoms with van der Waals surface area (Å²) in [7, 11) is 0. The lowest BCUT2D eigenvalue weighted by Crippen LogP contribution is -2.28. The molecule has 0 atom stereocenters. The minimum atomic E-state index is -0.232. The van der Waals surface area contributed by atoms with Crippen molar-refractivity contribution in [2.24, 2.45) is 0 Å². The Bertz CT molecular complexity index is 795. The van der Waals surface area contributed by atoms with E-state index in [1.165, 1.54) is 16.2 Å². The topological polar surface area (TPSA) is 79.4 Å². The van der Waals surface area contributed by atoms with Crippen molar-refractivity contribution in [1.29, 1.82) is 0 Å². The molecule has 0 unspecified atom stereocenters. The van der Waals surface area contributed by atoms with Gasteiger partial charge in [0.2, 0.25) is 11.8 Å². The van der Waals surface area contributed by atoms with E-state index in [4.69, 9.17) is 0 Å². The number of carbonyl (C=O) groups excluding carboxylic acids is 3. The van der Waals surface area contributed by atoms with Crippen LogP contribution in [0, 0.1) is 0 Å². The number of hydrogen-bond acceptors (Lipinski definition) is 5. The number of thiazole rings is 1. The first-order chi connectivity index (χ1) is 11.9. The van der Waals surface area contributed by atoms with E-state index < -0.39 is 0 Å². The maximum absolute atomic E-state index is 12.3. The van der Waals surface area contributed by atoms with Crippen molar-refractivity contribution in [3.05, 3.63) is 46.5 Å². The Morgan fingerprint density at radius 1 is 1.20 bits per heavy atom. The van der Waals surface area contributed by atoms with Crippen LogP contribution in [0.5, 0.6) is 0 Å². The van der Waals surface area contributed by atoms with E-state index >= 15 is 0 Å². The molecule has 1 aromatic carbocycles. The third-order valence-corrected chi connectivity index (χ3v) is 4.82. The van der Waals surface area contributed by atoms with Crippen molar-refractivity contribution >= 4 is 34.2 Å². The Balaban J connectivity index is 1.64. The average molecular weight is 357 g/mol. The van der Waals surface area contributed by atoms with Crippen LogP contribution in [-0.2, 0) is 16.1 Å². The van der Waals surface area contributed by atoms with Crippen molar-refractivity contribution in [2.75, 3.05) is 5.32 Å². The summed E-state index contributed by atoms with van der Waals surface area (Å²) in [5.41, 5.74) is 2.27. The van der Waals surface area contributed by atoms with Crippen molar-refractivity contribution in [3.8, 4) is 0 Å². The van der Waals surface area contributed by atoms with Crippen LogP contribution in [0.4, 0.5) is 5.13 Å². The van der Waals surface area contributed by atoms with Crippen molar-refractivity contribution < 1.29 is 14.4 Å². The van der Waals surface area contributed by atoms with E-state index in [0.29, 0.717) is 16.6 Å². The molecule has 3 rings (SSSR count). The standard InChI is InChI=1S/C18H19N3O3S/c1-11(2)14-10-25-18(19-14)20-17(24)13-5-3-12(4-6-13)9-21-15(22)7-8-16(21)23/h3-6,10-11H,7-9H2,1-2H3,(H,19,20,24). The number of hydrogen-bond donors (Lipinski definition) is 1. The number of aromatic nitrogens is 1. The summed E-state index contributed by atoms with van der Waals surface area (Å²) >= 11 is 1.40. The molecule has 1 N–H and O–H groups in total. The SMILES string of the molecule is CC(C)c1csc(NC(=O)c2ccc(CN3C(=O)CCC3=O)cc2)n1. The van der Waals surface area contributed by atoms with Gasteiger partial charge in [-0.1, -0.05) is 26.0 Å². The largest absolute Gasteiger partial charge is 0.298 e. The van der Waals surface area contributed by atoms with Gasteiger partial charge in [0.1, 0.15) is 0 Å². The van der Waals surface area contributed by atoms with Gasteiger partial charge in [-0.3, -0.25) is 24.6 Å². The van der Waals surface area contributed by atoms with Gasteiger partial charge in [-0.25, -0.2) is 4.98 Å². The quantitative estimate of drug-likeness (QED) is 0.834. The second-order valence-electron chi connectivity index (χ2n) is 6.26. The number of imide groups is 1. The number of benzene rings is 1. The van der Waals surface area contributed by atoms with Crippen LogP contribution in [0.2, 0.25) is 0 Å². The van der Waals surface area contributed by atoms with E-state index in [1.807, 2.05) is 5.38 Å². The number of nitrogens with zero attached hydrogens (tertiary/aromatic N) is 2. The normalized spacial score (nSPS) is 14.4. The molecule has 0 bridgehead atoms. The lowest BCUT2D eigenvalue weighted by molar-refractivity contribution is -0.139. The number of carbonyl (C=O) groups is 3.